The third-order valence-electron chi connectivity index (χ3n) is 4.99. The molecule has 2 bridgehead atoms. The largest absolute Gasteiger partial charge is 0.355 e. The normalized spacial score (nSPS) is 29.2. The first-order valence-corrected chi connectivity index (χ1v) is 8.29. The summed E-state index contributed by atoms with van der Waals surface area (Å²) in [6, 6.07) is 5.49. The first-order chi connectivity index (χ1) is 10.1. The predicted octanol–water partition coefficient (Wildman–Crippen LogP) is 3.45. The van der Waals surface area contributed by atoms with E-state index in [9.17, 15) is 4.79 Å². The van der Waals surface area contributed by atoms with Crippen LogP contribution in [0.5, 0.6) is 0 Å². The summed E-state index contributed by atoms with van der Waals surface area (Å²) in [7, 11) is 0. The molecule has 0 saturated heterocycles. The highest BCUT2D eigenvalue weighted by Gasteiger charge is 2.48. The van der Waals surface area contributed by atoms with E-state index >= 15 is 0 Å². The van der Waals surface area contributed by atoms with Gasteiger partial charge in [0.15, 0.2) is 0 Å². The fourth-order valence-corrected chi connectivity index (χ4v) is 4.39. The molecule has 22 heavy (non-hydrogen) atoms. The van der Waals surface area contributed by atoms with Crippen molar-refractivity contribution in [2.45, 2.75) is 31.7 Å². The molecular weight excluding hydrogens is 343 g/mol. The molecule has 4 unspecified atom stereocenters. The zero-order chi connectivity index (χ0) is 15.0. The Morgan fingerprint density at radius 1 is 1.27 bits per heavy atom. The molecule has 0 spiro atoms. The average Bonchev–Trinajstić information content (AvgIpc) is 3.01. The quantitative estimate of drug-likeness (QED) is 0.861. The highest BCUT2D eigenvalue weighted by molar-refractivity contribution is 6.35. The number of carbonyl (C=O) groups excluding carboxylic acids is 1. The van der Waals surface area contributed by atoms with Crippen molar-refractivity contribution in [3.05, 3.63) is 33.8 Å². The van der Waals surface area contributed by atoms with Crippen molar-refractivity contribution >= 4 is 41.5 Å². The average molecular weight is 364 g/mol. The van der Waals surface area contributed by atoms with Crippen molar-refractivity contribution < 1.29 is 4.79 Å². The van der Waals surface area contributed by atoms with Crippen LogP contribution in [-0.2, 0) is 11.2 Å². The fourth-order valence-electron chi connectivity index (χ4n) is 3.89. The Bertz CT molecular complexity index is 550. The highest BCUT2D eigenvalue weighted by Crippen LogP contribution is 2.47. The number of halogens is 3. The number of rotatable bonds is 4. The van der Waals surface area contributed by atoms with Crippen LogP contribution in [0, 0.1) is 17.8 Å². The lowest BCUT2D eigenvalue weighted by Gasteiger charge is -2.27. The number of benzene rings is 1. The maximum absolute atomic E-state index is 12.3. The third kappa shape index (κ3) is 3.53. The molecule has 3 nitrogen and oxygen atoms in total. The van der Waals surface area contributed by atoms with Gasteiger partial charge < -0.3 is 11.1 Å². The number of amides is 1. The van der Waals surface area contributed by atoms with Crippen LogP contribution < -0.4 is 11.1 Å². The van der Waals surface area contributed by atoms with E-state index in [0.29, 0.717) is 34.8 Å². The first kappa shape index (κ1) is 17.9. The van der Waals surface area contributed by atoms with Crippen LogP contribution in [0.15, 0.2) is 18.2 Å². The van der Waals surface area contributed by atoms with Crippen LogP contribution in [0.4, 0.5) is 0 Å². The lowest BCUT2D eigenvalue weighted by Crippen LogP contribution is -2.45. The van der Waals surface area contributed by atoms with Crippen LogP contribution in [-0.4, -0.2) is 18.5 Å². The summed E-state index contributed by atoms with van der Waals surface area (Å²) >= 11 is 12.0. The Hall–Kier alpha value is -0.480. The van der Waals surface area contributed by atoms with Crippen molar-refractivity contribution in [1.82, 2.24) is 5.32 Å². The van der Waals surface area contributed by atoms with Gasteiger partial charge in [-0.25, -0.2) is 0 Å². The van der Waals surface area contributed by atoms with Gasteiger partial charge >= 0.3 is 0 Å². The molecule has 6 heteroatoms. The minimum absolute atomic E-state index is 0. The van der Waals surface area contributed by atoms with E-state index in [2.05, 4.69) is 5.32 Å². The number of hydrogen-bond donors (Lipinski definition) is 2. The van der Waals surface area contributed by atoms with Crippen molar-refractivity contribution in [2.75, 3.05) is 6.54 Å². The molecular formula is C16H21Cl3N2O. The molecule has 0 radical (unpaired) electrons. The minimum atomic E-state index is 0. The third-order valence-corrected chi connectivity index (χ3v) is 5.58. The molecule has 0 aliphatic heterocycles. The summed E-state index contributed by atoms with van der Waals surface area (Å²) in [6.07, 6.45) is 4.18. The summed E-state index contributed by atoms with van der Waals surface area (Å²) in [5.74, 6) is 1.16. The summed E-state index contributed by atoms with van der Waals surface area (Å²) in [5, 5.41) is 4.29. The highest BCUT2D eigenvalue weighted by atomic mass is 35.5. The lowest BCUT2D eigenvalue weighted by molar-refractivity contribution is -0.127. The Balaban J connectivity index is 0.00000176. The Labute approximate surface area is 147 Å². The van der Waals surface area contributed by atoms with Crippen molar-refractivity contribution in [2.24, 2.45) is 23.5 Å². The molecule has 122 valence electrons. The summed E-state index contributed by atoms with van der Waals surface area (Å²) < 4.78 is 0. The zero-order valence-electron chi connectivity index (χ0n) is 12.2. The van der Waals surface area contributed by atoms with Gasteiger partial charge in [-0.3, -0.25) is 4.79 Å². The van der Waals surface area contributed by atoms with Crippen molar-refractivity contribution in [3.8, 4) is 0 Å². The number of fused-ring (bicyclic) bond motifs is 2. The molecule has 1 aromatic rings. The fraction of sp³-hybridized carbons (Fsp3) is 0.562. The van der Waals surface area contributed by atoms with E-state index in [-0.39, 0.29) is 30.3 Å². The molecule has 2 aliphatic rings. The van der Waals surface area contributed by atoms with Crippen LogP contribution >= 0.6 is 35.6 Å². The first-order valence-electron chi connectivity index (χ1n) is 7.53. The molecule has 1 amide bonds. The van der Waals surface area contributed by atoms with Crippen LogP contribution in [0.3, 0.4) is 0 Å². The van der Waals surface area contributed by atoms with E-state index < -0.39 is 0 Å². The molecule has 3 N–H and O–H groups in total. The standard InChI is InChI=1S/C16H20Cl2N2O.ClH/c17-12-4-3-9(13(18)8-12)5-6-20-16(21)14-10-1-2-11(7-10)15(14)19;/h3-4,8,10-11,14-15H,1-2,5-7,19H2,(H,20,21);1H. The minimum Gasteiger partial charge on any atom is -0.355 e. The second-order valence-corrected chi connectivity index (χ2v) is 7.06. The second-order valence-electron chi connectivity index (χ2n) is 6.21. The van der Waals surface area contributed by atoms with Crippen molar-refractivity contribution in [3.63, 3.8) is 0 Å². The van der Waals surface area contributed by atoms with Gasteiger partial charge in [-0.15, -0.1) is 12.4 Å². The summed E-state index contributed by atoms with van der Waals surface area (Å²) in [4.78, 5) is 12.3. The molecule has 1 aromatic carbocycles. The molecule has 2 saturated carbocycles. The van der Waals surface area contributed by atoms with Gasteiger partial charge in [0.05, 0.1) is 5.92 Å². The van der Waals surface area contributed by atoms with E-state index in [4.69, 9.17) is 28.9 Å². The van der Waals surface area contributed by atoms with Gasteiger partial charge in [0.1, 0.15) is 0 Å². The number of nitrogens with one attached hydrogen (secondary N) is 1. The number of hydrogen-bond acceptors (Lipinski definition) is 2. The molecule has 2 fully saturated rings. The lowest BCUT2D eigenvalue weighted by atomic mass is 9.84. The maximum Gasteiger partial charge on any atom is 0.224 e. The van der Waals surface area contributed by atoms with Gasteiger partial charge in [0.25, 0.3) is 0 Å². The smallest absolute Gasteiger partial charge is 0.224 e. The van der Waals surface area contributed by atoms with Gasteiger partial charge in [-0.1, -0.05) is 29.3 Å². The molecule has 2 aliphatic carbocycles. The number of nitrogens with two attached hydrogens (primary N) is 1. The Morgan fingerprint density at radius 2 is 2.00 bits per heavy atom. The molecule has 4 atom stereocenters. The van der Waals surface area contributed by atoms with Gasteiger partial charge in [-0.2, -0.15) is 0 Å². The van der Waals surface area contributed by atoms with Crippen LogP contribution in [0.1, 0.15) is 24.8 Å². The van der Waals surface area contributed by atoms with Crippen molar-refractivity contribution in [1.29, 1.82) is 0 Å². The molecule has 0 heterocycles. The Morgan fingerprint density at radius 3 is 2.64 bits per heavy atom. The second kappa shape index (κ2) is 7.39. The predicted molar refractivity (Wildman–Crippen MR) is 92.7 cm³/mol. The number of carbonyl (C=O) groups is 1. The van der Waals surface area contributed by atoms with Crippen LogP contribution in [0.25, 0.3) is 0 Å². The van der Waals surface area contributed by atoms with Gasteiger partial charge in [0, 0.05) is 22.6 Å². The van der Waals surface area contributed by atoms with E-state index in [1.165, 1.54) is 6.42 Å². The summed E-state index contributed by atoms with van der Waals surface area (Å²) in [5.41, 5.74) is 7.19. The van der Waals surface area contributed by atoms with E-state index in [1.54, 1.807) is 6.07 Å². The summed E-state index contributed by atoms with van der Waals surface area (Å²) in [6.45, 7) is 0.584. The topological polar surface area (TPSA) is 55.1 Å². The Kier molecular flexibility index (Phi) is 6.00. The maximum atomic E-state index is 12.3. The van der Waals surface area contributed by atoms with E-state index in [0.717, 1.165) is 18.4 Å². The zero-order valence-corrected chi connectivity index (χ0v) is 14.6. The molecule has 0 aromatic heterocycles. The molecule has 3 rings (SSSR count). The van der Waals surface area contributed by atoms with Gasteiger partial charge in [-0.05, 0) is 55.2 Å². The van der Waals surface area contributed by atoms with Crippen LogP contribution in [0.2, 0.25) is 10.0 Å². The SMILES string of the molecule is Cl.NC1C2CCC(C2)C1C(=O)NCCc1ccc(Cl)cc1Cl. The monoisotopic (exact) mass is 362 g/mol. The van der Waals surface area contributed by atoms with Gasteiger partial charge in [0.2, 0.25) is 5.91 Å². The van der Waals surface area contributed by atoms with E-state index in [1.807, 2.05) is 12.1 Å².